The van der Waals surface area contributed by atoms with E-state index in [9.17, 15) is 4.79 Å². The van der Waals surface area contributed by atoms with Crippen molar-refractivity contribution in [3.8, 4) is 11.4 Å². The third kappa shape index (κ3) is 3.77. The van der Waals surface area contributed by atoms with E-state index in [1.807, 2.05) is 42.0 Å². The van der Waals surface area contributed by atoms with Crippen molar-refractivity contribution in [2.75, 3.05) is 7.11 Å². The molecule has 0 saturated heterocycles. The normalized spacial score (nSPS) is 12.2. The van der Waals surface area contributed by atoms with Crippen LogP contribution in [0.3, 0.4) is 0 Å². The van der Waals surface area contributed by atoms with Crippen LogP contribution in [0.15, 0.2) is 41.3 Å². The first-order valence-corrected chi connectivity index (χ1v) is 7.65. The van der Waals surface area contributed by atoms with Gasteiger partial charge in [-0.1, -0.05) is 13.0 Å². The second kappa shape index (κ2) is 7.27. The van der Waals surface area contributed by atoms with Gasteiger partial charge < -0.3 is 14.6 Å². The third-order valence-corrected chi connectivity index (χ3v) is 3.91. The highest BCUT2D eigenvalue weighted by Gasteiger charge is 2.07. The fourth-order valence-corrected chi connectivity index (χ4v) is 2.27. The minimum atomic E-state index is 0.0763. The molecule has 0 aliphatic carbocycles. The lowest BCUT2D eigenvalue weighted by Crippen LogP contribution is -2.28. The smallest absolute Gasteiger partial charge is 0.186 e. The quantitative estimate of drug-likeness (QED) is 0.891. The highest BCUT2D eigenvalue weighted by atomic mass is 16.5. The fraction of sp³-hybridized carbons (Fsp3) is 0.389. The zero-order valence-electron chi connectivity index (χ0n) is 13.7. The summed E-state index contributed by atoms with van der Waals surface area (Å²) in [5, 5.41) is 3.37. The van der Waals surface area contributed by atoms with Gasteiger partial charge >= 0.3 is 0 Å². The standard InChI is InChI=1S/C18H24N2O2/c1-5-13(2)19-11-15-12-20(14(3)9-18(15)21)16-7-6-8-17(10-16)22-4/h6-10,12-13,19H,5,11H2,1-4H3. The Morgan fingerprint density at radius 2 is 2.09 bits per heavy atom. The van der Waals surface area contributed by atoms with Crippen LogP contribution in [-0.2, 0) is 6.54 Å². The Labute approximate surface area is 131 Å². The largest absolute Gasteiger partial charge is 0.497 e. The molecule has 2 aromatic rings. The molecular weight excluding hydrogens is 276 g/mol. The van der Waals surface area contributed by atoms with Crippen LogP contribution in [0.4, 0.5) is 0 Å². The number of hydrogen-bond acceptors (Lipinski definition) is 3. The maximum Gasteiger partial charge on any atom is 0.186 e. The molecule has 4 heteroatoms. The molecular formula is C18H24N2O2. The second-order valence-corrected chi connectivity index (χ2v) is 5.57. The van der Waals surface area contributed by atoms with Crippen molar-refractivity contribution in [2.24, 2.45) is 0 Å². The van der Waals surface area contributed by atoms with Gasteiger partial charge in [-0.05, 0) is 32.4 Å². The van der Waals surface area contributed by atoms with Crippen LogP contribution < -0.4 is 15.5 Å². The summed E-state index contributed by atoms with van der Waals surface area (Å²) >= 11 is 0. The van der Waals surface area contributed by atoms with Crippen molar-refractivity contribution in [3.63, 3.8) is 0 Å². The molecule has 4 nitrogen and oxygen atoms in total. The predicted octanol–water partition coefficient (Wildman–Crippen LogP) is 3.04. The molecule has 0 bridgehead atoms. The van der Waals surface area contributed by atoms with Crippen molar-refractivity contribution in [1.29, 1.82) is 0 Å². The summed E-state index contributed by atoms with van der Waals surface area (Å²) in [5.41, 5.74) is 2.74. The number of benzene rings is 1. The molecule has 118 valence electrons. The first-order chi connectivity index (χ1) is 10.5. The molecule has 2 rings (SSSR count). The number of ether oxygens (including phenoxy) is 1. The van der Waals surface area contributed by atoms with Crippen LogP contribution in [0.5, 0.6) is 5.75 Å². The lowest BCUT2D eigenvalue weighted by atomic mass is 10.2. The number of nitrogens with one attached hydrogen (secondary N) is 1. The Morgan fingerprint density at radius 3 is 2.77 bits per heavy atom. The summed E-state index contributed by atoms with van der Waals surface area (Å²) < 4.78 is 7.30. The first-order valence-electron chi connectivity index (χ1n) is 7.65. The average Bonchev–Trinajstić information content (AvgIpc) is 2.53. The van der Waals surface area contributed by atoms with Gasteiger partial charge in [-0.2, -0.15) is 0 Å². The van der Waals surface area contributed by atoms with E-state index >= 15 is 0 Å². The van der Waals surface area contributed by atoms with Crippen molar-refractivity contribution < 1.29 is 4.74 Å². The minimum Gasteiger partial charge on any atom is -0.497 e. The molecule has 0 spiro atoms. The Hall–Kier alpha value is -2.07. The second-order valence-electron chi connectivity index (χ2n) is 5.57. The molecule has 1 aromatic carbocycles. The van der Waals surface area contributed by atoms with E-state index in [4.69, 9.17) is 4.74 Å². The maximum atomic E-state index is 12.2. The highest BCUT2D eigenvalue weighted by molar-refractivity contribution is 5.41. The van der Waals surface area contributed by atoms with Gasteiger partial charge in [-0.15, -0.1) is 0 Å². The number of pyridine rings is 1. The molecule has 1 heterocycles. The molecule has 0 saturated carbocycles. The van der Waals surface area contributed by atoms with E-state index in [1.165, 1.54) is 0 Å². The third-order valence-electron chi connectivity index (χ3n) is 3.91. The Bertz CT molecular complexity index is 692. The summed E-state index contributed by atoms with van der Waals surface area (Å²) in [4.78, 5) is 12.2. The molecule has 22 heavy (non-hydrogen) atoms. The summed E-state index contributed by atoms with van der Waals surface area (Å²) in [6.45, 7) is 6.76. The summed E-state index contributed by atoms with van der Waals surface area (Å²) in [6, 6.07) is 9.91. The van der Waals surface area contributed by atoms with Gasteiger partial charge in [0.15, 0.2) is 5.43 Å². The number of methoxy groups -OCH3 is 1. The Kier molecular flexibility index (Phi) is 5.39. The van der Waals surface area contributed by atoms with Gasteiger partial charge in [-0.3, -0.25) is 4.79 Å². The van der Waals surface area contributed by atoms with E-state index in [-0.39, 0.29) is 5.43 Å². The molecule has 0 radical (unpaired) electrons. The maximum absolute atomic E-state index is 12.2. The molecule has 0 fully saturated rings. The summed E-state index contributed by atoms with van der Waals surface area (Å²) in [6.07, 6.45) is 2.96. The van der Waals surface area contributed by atoms with Crippen LogP contribution in [-0.4, -0.2) is 17.7 Å². The number of aromatic nitrogens is 1. The Morgan fingerprint density at radius 1 is 1.32 bits per heavy atom. The first kappa shape index (κ1) is 16.3. The van der Waals surface area contributed by atoms with Crippen LogP contribution in [0.2, 0.25) is 0 Å². The van der Waals surface area contributed by atoms with E-state index in [2.05, 4.69) is 19.2 Å². The lowest BCUT2D eigenvalue weighted by Gasteiger charge is -2.15. The lowest BCUT2D eigenvalue weighted by molar-refractivity contribution is 0.414. The summed E-state index contributed by atoms with van der Waals surface area (Å²) in [7, 11) is 1.65. The Balaban J connectivity index is 2.37. The van der Waals surface area contributed by atoms with Gasteiger partial charge in [0.05, 0.1) is 7.11 Å². The molecule has 0 aliphatic rings. The molecule has 1 unspecified atom stereocenters. The van der Waals surface area contributed by atoms with E-state index < -0.39 is 0 Å². The zero-order valence-corrected chi connectivity index (χ0v) is 13.7. The van der Waals surface area contributed by atoms with Gasteiger partial charge in [0.2, 0.25) is 0 Å². The van der Waals surface area contributed by atoms with Crippen molar-refractivity contribution in [2.45, 2.75) is 39.8 Å². The average molecular weight is 300 g/mol. The molecule has 0 amide bonds. The number of nitrogens with zero attached hydrogens (tertiary/aromatic N) is 1. The van der Waals surface area contributed by atoms with Gasteiger partial charge in [0.25, 0.3) is 0 Å². The minimum absolute atomic E-state index is 0.0763. The highest BCUT2D eigenvalue weighted by Crippen LogP contribution is 2.17. The van der Waals surface area contributed by atoms with E-state index in [0.29, 0.717) is 12.6 Å². The predicted molar refractivity (Wildman–Crippen MR) is 89.9 cm³/mol. The van der Waals surface area contributed by atoms with Gasteiger partial charge in [0.1, 0.15) is 5.75 Å². The number of aryl methyl sites for hydroxylation is 1. The molecule has 0 aliphatic heterocycles. The van der Waals surface area contributed by atoms with Crippen LogP contribution in [0.1, 0.15) is 31.5 Å². The molecule has 1 aromatic heterocycles. The van der Waals surface area contributed by atoms with E-state index in [1.54, 1.807) is 13.2 Å². The van der Waals surface area contributed by atoms with Gasteiger partial charge in [-0.25, -0.2) is 0 Å². The van der Waals surface area contributed by atoms with Crippen molar-refractivity contribution in [3.05, 3.63) is 58.0 Å². The zero-order chi connectivity index (χ0) is 16.1. The molecule has 1 N–H and O–H groups in total. The monoisotopic (exact) mass is 300 g/mol. The topological polar surface area (TPSA) is 43.3 Å². The number of rotatable bonds is 6. The van der Waals surface area contributed by atoms with Crippen LogP contribution in [0, 0.1) is 6.92 Å². The fourth-order valence-electron chi connectivity index (χ4n) is 2.27. The summed E-state index contributed by atoms with van der Waals surface area (Å²) in [5.74, 6) is 0.801. The SMILES string of the molecule is CCC(C)NCc1cn(-c2cccc(OC)c2)c(C)cc1=O. The van der Waals surface area contributed by atoms with Crippen LogP contribution in [0.25, 0.3) is 5.69 Å². The van der Waals surface area contributed by atoms with Crippen molar-refractivity contribution in [1.82, 2.24) is 9.88 Å². The van der Waals surface area contributed by atoms with E-state index in [0.717, 1.165) is 29.1 Å². The van der Waals surface area contributed by atoms with Gasteiger partial charge in [0, 0.05) is 47.9 Å². The molecule has 1 atom stereocenters. The van der Waals surface area contributed by atoms with Crippen LogP contribution >= 0.6 is 0 Å². The number of hydrogen-bond donors (Lipinski definition) is 1. The van der Waals surface area contributed by atoms with Crippen molar-refractivity contribution >= 4 is 0 Å².